The molecule has 1 saturated carbocycles. The van der Waals surface area contributed by atoms with Crippen LogP contribution in [-0.2, 0) is 11.2 Å². The number of rotatable bonds is 5. The minimum atomic E-state index is -0.0643. The Morgan fingerprint density at radius 1 is 0.880 bits per heavy atom. The first kappa shape index (κ1) is 17.2. The molecule has 0 atom stereocenters. The van der Waals surface area contributed by atoms with Crippen molar-refractivity contribution in [3.05, 3.63) is 65.7 Å². The molecule has 0 radical (unpaired) electrons. The van der Waals surface area contributed by atoms with Gasteiger partial charge in [0, 0.05) is 17.3 Å². The minimum Gasteiger partial charge on any atom is -0.349 e. The van der Waals surface area contributed by atoms with Crippen molar-refractivity contribution in [1.29, 1.82) is 0 Å². The monoisotopic (exact) mass is 336 g/mol. The van der Waals surface area contributed by atoms with Gasteiger partial charge in [0.05, 0.1) is 6.42 Å². The van der Waals surface area contributed by atoms with E-state index in [-0.39, 0.29) is 11.8 Å². The average molecular weight is 336 g/mol. The van der Waals surface area contributed by atoms with E-state index in [0.29, 0.717) is 23.7 Å². The standard InChI is InChI=1S/C21H24N2O2/c24-20(15-16-7-3-1-4-8-16)22-19-13-11-17(12-14-19)21(25)23-18-9-5-2-6-10-18/h1,3-4,7-8,11-14,18H,2,5-6,9-10,15H2,(H,22,24)(H,23,25). The van der Waals surface area contributed by atoms with E-state index in [9.17, 15) is 9.59 Å². The molecule has 4 nitrogen and oxygen atoms in total. The molecule has 0 saturated heterocycles. The third kappa shape index (κ3) is 5.18. The summed E-state index contributed by atoms with van der Waals surface area (Å²) >= 11 is 0. The summed E-state index contributed by atoms with van der Waals surface area (Å²) in [7, 11) is 0. The maximum absolute atomic E-state index is 12.3. The van der Waals surface area contributed by atoms with Gasteiger partial charge >= 0.3 is 0 Å². The van der Waals surface area contributed by atoms with E-state index >= 15 is 0 Å². The van der Waals surface area contributed by atoms with Gasteiger partial charge in [-0.3, -0.25) is 9.59 Å². The zero-order chi connectivity index (χ0) is 17.5. The van der Waals surface area contributed by atoms with Gasteiger partial charge in [0.25, 0.3) is 5.91 Å². The molecule has 2 aromatic carbocycles. The van der Waals surface area contributed by atoms with E-state index in [4.69, 9.17) is 0 Å². The van der Waals surface area contributed by atoms with Crippen molar-refractivity contribution < 1.29 is 9.59 Å². The molecule has 0 spiro atoms. The molecular formula is C21H24N2O2. The van der Waals surface area contributed by atoms with E-state index in [1.165, 1.54) is 19.3 Å². The third-order valence-electron chi connectivity index (χ3n) is 4.58. The summed E-state index contributed by atoms with van der Waals surface area (Å²) < 4.78 is 0. The first-order chi connectivity index (χ1) is 12.2. The third-order valence-corrected chi connectivity index (χ3v) is 4.58. The van der Waals surface area contributed by atoms with Crippen LogP contribution in [0.25, 0.3) is 0 Å². The summed E-state index contributed by atoms with van der Waals surface area (Å²) in [5.41, 5.74) is 2.31. The highest BCUT2D eigenvalue weighted by Gasteiger charge is 2.16. The van der Waals surface area contributed by atoms with Gasteiger partial charge < -0.3 is 10.6 Å². The lowest BCUT2D eigenvalue weighted by molar-refractivity contribution is -0.115. The van der Waals surface area contributed by atoms with E-state index in [1.807, 2.05) is 30.3 Å². The van der Waals surface area contributed by atoms with Crippen LogP contribution in [-0.4, -0.2) is 17.9 Å². The highest BCUT2D eigenvalue weighted by Crippen LogP contribution is 2.18. The normalized spacial score (nSPS) is 14.7. The molecule has 4 heteroatoms. The maximum atomic E-state index is 12.3. The molecule has 130 valence electrons. The largest absolute Gasteiger partial charge is 0.349 e. The number of hydrogen-bond donors (Lipinski definition) is 2. The second-order valence-electron chi connectivity index (χ2n) is 6.60. The first-order valence-electron chi connectivity index (χ1n) is 8.95. The molecular weight excluding hydrogens is 312 g/mol. The van der Waals surface area contributed by atoms with Crippen LogP contribution >= 0.6 is 0 Å². The van der Waals surface area contributed by atoms with Crippen molar-refractivity contribution in [3.63, 3.8) is 0 Å². The zero-order valence-corrected chi connectivity index (χ0v) is 14.3. The quantitative estimate of drug-likeness (QED) is 0.869. The topological polar surface area (TPSA) is 58.2 Å². The van der Waals surface area contributed by atoms with E-state index in [1.54, 1.807) is 24.3 Å². The summed E-state index contributed by atoms with van der Waals surface area (Å²) in [6.07, 6.45) is 6.13. The molecule has 2 N–H and O–H groups in total. The molecule has 25 heavy (non-hydrogen) atoms. The maximum Gasteiger partial charge on any atom is 0.251 e. The van der Waals surface area contributed by atoms with E-state index in [0.717, 1.165) is 18.4 Å². The fraction of sp³-hybridized carbons (Fsp3) is 0.333. The molecule has 2 aromatic rings. The van der Waals surface area contributed by atoms with Crippen LogP contribution in [0.15, 0.2) is 54.6 Å². The molecule has 0 heterocycles. The average Bonchev–Trinajstić information content (AvgIpc) is 2.64. The molecule has 1 aliphatic rings. The smallest absolute Gasteiger partial charge is 0.251 e. The Morgan fingerprint density at radius 2 is 1.56 bits per heavy atom. The Bertz CT molecular complexity index is 704. The minimum absolute atomic E-state index is 0.0333. The predicted octanol–water partition coefficient (Wildman–Crippen LogP) is 3.93. The van der Waals surface area contributed by atoms with Crippen LogP contribution in [0.4, 0.5) is 5.69 Å². The number of carbonyl (C=O) groups excluding carboxylic acids is 2. The van der Waals surface area contributed by atoms with Crippen LogP contribution < -0.4 is 10.6 Å². The Balaban J connectivity index is 1.52. The number of anilines is 1. The Kier molecular flexibility index (Phi) is 5.83. The number of amides is 2. The zero-order valence-electron chi connectivity index (χ0n) is 14.3. The highest BCUT2D eigenvalue weighted by molar-refractivity contribution is 5.96. The first-order valence-corrected chi connectivity index (χ1v) is 8.95. The summed E-state index contributed by atoms with van der Waals surface area (Å²) in [5.74, 6) is -0.0975. The molecule has 0 aromatic heterocycles. The van der Waals surface area contributed by atoms with Gasteiger partial charge in [-0.05, 0) is 42.7 Å². The lowest BCUT2D eigenvalue weighted by Crippen LogP contribution is -2.36. The number of benzene rings is 2. The molecule has 0 bridgehead atoms. The Labute approximate surface area is 148 Å². The summed E-state index contributed by atoms with van der Waals surface area (Å²) in [4.78, 5) is 24.4. The fourth-order valence-corrected chi connectivity index (χ4v) is 3.21. The second-order valence-corrected chi connectivity index (χ2v) is 6.60. The predicted molar refractivity (Wildman–Crippen MR) is 99.6 cm³/mol. The molecule has 3 rings (SSSR count). The van der Waals surface area contributed by atoms with Gasteiger partial charge in [0.15, 0.2) is 0 Å². The van der Waals surface area contributed by atoms with Gasteiger partial charge in [-0.25, -0.2) is 0 Å². The molecule has 1 fully saturated rings. The molecule has 0 unspecified atom stereocenters. The lowest BCUT2D eigenvalue weighted by atomic mass is 9.95. The lowest BCUT2D eigenvalue weighted by Gasteiger charge is -2.22. The number of nitrogens with one attached hydrogen (secondary N) is 2. The molecule has 2 amide bonds. The molecule has 1 aliphatic carbocycles. The van der Waals surface area contributed by atoms with Gasteiger partial charge in [-0.15, -0.1) is 0 Å². The highest BCUT2D eigenvalue weighted by atomic mass is 16.2. The molecule has 0 aliphatic heterocycles. The van der Waals surface area contributed by atoms with E-state index < -0.39 is 0 Å². The fourth-order valence-electron chi connectivity index (χ4n) is 3.21. The Morgan fingerprint density at radius 3 is 2.24 bits per heavy atom. The van der Waals surface area contributed by atoms with Crippen LogP contribution in [0, 0.1) is 0 Å². The van der Waals surface area contributed by atoms with Gasteiger partial charge in [-0.2, -0.15) is 0 Å². The Hall–Kier alpha value is -2.62. The number of carbonyl (C=O) groups is 2. The van der Waals surface area contributed by atoms with Crippen LogP contribution in [0.3, 0.4) is 0 Å². The van der Waals surface area contributed by atoms with Crippen molar-refractivity contribution in [2.24, 2.45) is 0 Å². The van der Waals surface area contributed by atoms with Gasteiger partial charge in [-0.1, -0.05) is 49.6 Å². The van der Waals surface area contributed by atoms with Crippen LogP contribution in [0.2, 0.25) is 0 Å². The van der Waals surface area contributed by atoms with Crippen molar-refractivity contribution in [1.82, 2.24) is 5.32 Å². The van der Waals surface area contributed by atoms with Crippen molar-refractivity contribution in [2.75, 3.05) is 5.32 Å². The SMILES string of the molecule is O=C(Cc1ccccc1)Nc1ccc(C(=O)NC2CCCCC2)cc1. The van der Waals surface area contributed by atoms with Crippen LogP contribution in [0.5, 0.6) is 0 Å². The van der Waals surface area contributed by atoms with Crippen molar-refractivity contribution in [2.45, 2.75) is 44.6 Å². The second kappa shape index (κ2) is 8.47. The van der Waals surface area contributed by atoms with Crippen molar-refractivity contribution >= 4 is 17.5 Å². The summed E-state index contributed by atoms with van der Waals surface area (Å²) in [6.45, 7) is 0. The van der Waals surface area contributed by atoms with Gasteiger partial charge in [0.2, 0.25) is 5.91 Å². The van der Waals surface area contributed by atoms with E-state index in [2.05, 4.69) is 10.6 Å². The van der Waals surface area contributed by atoms with Crippen molar-refractivity contribution in [3.8, 4) is 0 Å². The van der Waals surface area contributed by atoms with Gasteiger partial charge in [0.1, 0.15) is 0 Å². The van der Waals surface area contributed by atoms with Crippen LogP contribution in [0.1, 0.15) is 48.0 Å². The summed E-state index contributed by atoms with van der Waals surface area (Å²) in [5, 5.41) is 5.97. The number of hydrogen-bond acceptors (Lipinski definition) is 2. The summed E-state index contributed by atoms with van der Waals surface area (Å²) in [6, 6.07) is 17.0.